The first-order valence-electron chi connectivity index (χ1n) is 13.7. The van der Waals surface area contributed by atoms with Crippen molar-refractivity contribution in [3.05, 3.63) is 59.4 Å². The highest BCUT2D eigenvalue weighted by molar-refractivity contribution is 5.79. The average Bonchev–Trinajstić information content (AvgIpc) is 3.23. The Hall–Kier alpha value is -2.81. The van der Waals surface area contributed by atoms with Crippen LogP contribution in [-0.4, -0.2) is 58.7 Å². The number of benzene rings is 2. The smallest absolute Gasteiger partial charge is 0.225 e. The number of piperidine rings is 1. The predicted octanol–water partition coefficient (Wildman–Crippen LogP) is 3.24. The lowest BCUT2D eigenvalue weighted by Crippen LogP contribution is -2.49. The number of amides is 2. The molecule has 1 saturated carbocycles. The molecule has 1 saturated heterocycles. The minimum Gasteiger partial charge on any atom is -0.391 e. The van der Waals surface area contributed by atoms with Crippen LogP contribution < -0.4 is 11.1 Å². The molecular formula is C30H40FN3O4. The molecule has 2 aliphatic rings. The van der Waals surface area contributed by atoms with Crippen molar-refractivity contribution in [1.82, 2.24) is 10.2 Å². The van der Waals surface area contributed by atoms with Gasteiger partial charge in [0.1, 0.15) is 5.82 Å². The summed E-state index contributed by atoms with van der Waals surface area (Å²) < 4.78 is 15.5. The third-order valence-corrected chi connectivity index (χ3v) is 8.23. The number of hydrogen-bond acceptors (Lipinski definition) is 5. The van der Waals surface area contributed by atoms with Crippen LogP contribution in [0.5, 0.6) is 0 Å². The molecule has 5 N–H and O–H groups in total. The molecule has 2 unspecified atom stereocenters. The molecule has 8 heteroatoms. The van der Waals surface area contributed by atoms with Crippen LogP contribution in [0.4, 0.5) is 4.39 Å². The van der Waals surface area contributed by atoms with Crippen molar-refractivity contribution in [2.24, 2.45) is 17.6 Å². The van der Waals surface area contributed by atoms with E-state index in [1.54, 1.807) is 17.0 Å². The highest BCUT2D eigenvalue weighted by Gasteiger charge is 2.44. The van der Waals surface area contributed by atoms with Crippen molar-refractivity contribution >= 4 is 11.8 Å². The molecule has 7 nitrogen and oxygen atoms in total. The van der Waals surface area contributed by atoms with Gasteiger partial charge in [-0.3, -0.25) is 9.59 Å². The number of halogens is 1. The Morgan fingerprint density at radius 2 is 1.97 bits per heavy atom. The molecule has 38 heavy (non-hydrogen) atoms. The fourth-order valence-electron chi connectivity index (χ4n) is 6.23. The fourth-order valence-corrected chi connectivity index (χ4v) is 6.23. The van der Waals surface area contributed by atoms with E-state index in [0.29, 0.717) is 74.8 Å². The van der Waals surface area contributed by atoms with Gasteiger partial charge in [-0.15, -0.1) is 0 Å². The quantitative estimate of drug-likeness (QED) is 0.395. The lowest BCUT2D eigenvalue weighted by molar-refractivity contribution is -0.141. The van der Waals surface area contributed by atoms with E-state index in [-0.39, 0.29) is 23.7 Å². The summed E-state index contributed by atoms with van der Waals surface area (Å²) in [5.41, 5.74) is 7.09. The van der Waals surface area contributed by atoms with E-state index in [1.807, 2.05) is 31.2 Å². The zero-order chi connectivity index (χ0) is 27.4. The first kappa shape index (κ1) is 28.2. The van der Waals surface area contributed by atoms with E-state index in [9.17, 15) is 19.8 Å². The van der Waals surface area contributed by atoms with Crippen LogP contribution in [0.2, 0.25) is 0 Å². The normalized spacial score (nSPS) is 25.2. The summed E-state index contributed by atoms with van der Waals surface area (Å²) in [5.74, 6) is -1.26. The van der Waals surface area contributed by atoms with Crippen molar-refractivity contribution in [2.45, 2.75) is 70.1 Å². The number of hydrogen-bond donors (Lipinski definition) is 4. The maximum Gasteiger partial charge on any atom is 0.225 e. The van der Waals surface area contributed by atoms with E-state index >= 15 is 4.39 Å². The van der Waals surface area contributed by atoms with Crippen LogP contribution in [0.15, 0.2) is 42.5 Å². The maximum atomic E-state index is 15.5. The van der Waals surface area contributed by atoms with E-state index in [2.05, 4.69) is 5.32 Å². The molecule has 1 aliphatic heterocycles. The van der Waals surface area contributed by atoms with Gasteiger partial charge < -0.3 is 26.2 Å². The van der Waals surface area contributed by atoms with Gasteiger partial charge in [0.15, 0.2) is 0 Å². The summed E-state index contributed by atoms with van der Waals surface area (Å²) in [6.07, 6.45) is 2.30. The predicted molar refractivity (Wildman–Crippen MR) is 144 cm³/mol. The minimum atomic E-state index is -1.43. The second-order valence-corrected chi connectivity index (χ2v) is 11.1. The van der Waals surface area contributed by atoms with E-state index in [0.717, 1.165) is 5.56 Å². The van der Waals surface area contributed by atoms with Gasteiger partial charge >= 0.3 is 0 Å². The monoisotopic (exact) mass is 525 g/mol. The van der Waals surface area contributed by atoms with Crippen molar-refractivity contribution in [1.29, 1.82) is 0 Å². The number of nitrogens with zero attached hydrogens (tertiary/aromatic N) is 1. The van der Waals surface area contributed by atoms with Crippen molar-refractivity contribution in [3.8, 4) is 11.1 Å². The molecular weight excluding hydrogens is 485 g/mol. The summed E-state index contributed by atoms with van der Waals surface area (Å²) in [6, 6.07) is 12.0. The van der Waals surface area contributed by atoms with E-state index < -0.39 is 23.6 Å². The van der Waals surface area contributed by atoms with E-state index in [4.69, 9.17) is 5.73 Å². The summed E-state index contributed by atoms with van der Waals surface area (Å²) in [5, 5.41) is 25.4. The lowest BCUT2D eigenvalue weighted by atomic mass is 9.72. The Labute approximate surface area is 224 Å². The van der Waals surface area contributed by atoms with Crippen molar-refractivity contribution in [2.75, 3.05) is 19.6 Å². The minimum absolute atomic E-state index is 0.0413. The molecule has 0 aromatic heterocycles. The van der Waals surface area contributed by atoms with Crippen molar-refractivity contribution in [3.63, 3.8) is 0 Å². The molecule has 0 radical (unpaired) electrons. The highest BCUT2D eigenvalue weighted by Crippen LogP contribution is 2.44. The first-order chi connectivity index (χ1) is 18.1. The Morgan fingerprint density at radius 3 is 2.66 bits per heavy atom. The average molecular weight is 526 g/mol. The Morgan fingerprint density at radius 1 is 1.21 bits per heavy atom. The number of aryl methyl sites for hydroxylation is 1. The summed E-state index contributed by atoms with van der Waals surface area (Å²) in [7, 11) is 0. The van der Waals surface area contributed by atoms with Crippen LogP contribution in [-0.2, 0) is 15.2 Å². The second-order valence-electron chi connectivity index (χ2n) is 11.1. The molecule has 206 valence electrons. The fraction of sp³-hybridized carbons (Fsp3) is 0.533. The van der Waals surface area contributed by atoms with Crippen LogP contribution in [0.25, 0.3) is 11.1 Å². The molecule has 2 aromatic rings. The Kier molecular flexibility index (Phi) is 8.85. The van der Waals surface area contributed by atoms with Crippen LogP contribution in [0, 0.1) is 24.6 Å². The lowest BCUT2D eigenvalue weighted by Gasteiger charge is -2.44. The van der Waals surface area contributed by atoms with Crippen molar-refractivity contribution < 1.29 is 24.2 Å². The number of carbonyl (C=O) groups excluding carboxylic acids is 2. The number of nitrogens with one attached hydrogen (secondary N) is 1. The third kappa shape index (κ3) is 6.08. The van der Waals surface area contributed by atoms with Gasteiger partial charge in [-0.1, -0.05) is 42.0 Å². The number of carbonyl (C=O) groups is 2. The molecule has 4 rings (SSSR count). The molecule has 0 bridgehead atoms. The van der Waals surface area contributed by atoms with E-state index in [1.165, 1.54) is 13.0 Å². The Bertz CT molecular complexity index is 1150. The molecule has 0 spiro atoms. The van der Waals surface area contributed by atoms with Gasteiger partial charge in [0.2, 0.25) is 11.8 Å². The van der Waals surface area contributed by atoms with Gasteiger partial charge in [-0.2, -0.15) is 0 Å². The molecule has 2 fully saturated rings. The molecule has 2 amide bonds. The number of rotatable bonds is 8. The van der Waals surface area contributed by atoms with Gasteiger partial charge in [-0.25, -0.2) is 4.39 Å². The SMILES string of the molecule is CC(=O)NCCCC(O)(c1cccc(F)c1-c1cccc(C)c1)C1CCCN(C(=O)[C@H]2C[C@@H](N)[C@@H](O)C2)C1. The summed E-state index contributed by atoms with van der Waals surface area (Å²) in [6.45, 7) is 4.69. The standard InChI is InChI=1S/C30H40FN3O4/c1-19-7-3-8-21(15-19)28-24(10-4-11-25(28)31)30(38,12-6-13-33-20(2)35)23-9-5-14-34(18-23)29(37)22-16-26(32)27(36)17-22/h3-4,7-8,10-11,15,22-23,26-27,36,38H,5-6,9,12-14,16-18,32H2,1-2H3,(H,33,35)/t22-,23?,26+,27-,30?/m0/s1. The maximum absolute atomic E-state index is 15.5. The van der Waals surface area contributed by atoms with Gasteiger partial charge in [0.25, 0.3) is 0 Å². The zero-order valence-electron chi connectivity index (χ0n) is 22.3. The van der Waals surface area contributed by atoms with Gasteiger partial charge in [-0.05, 0) is 62.6 Å². The van der Waals surface area contributed by atoms with Crippen LogP contribution in [0.3, 0.4) is 0 Å². The number of aliphatic hydroxyl groups excluding tert-OH is 1. The number of aliphatic hydroxyl groups is 2. The third-order valence-electron chi connectivity index (χ3n) is 8.23. The van der Waals surface area contributed by atoms with Crippen LogP contribution in [0.1, 0.15) is 56.6 Å². The number of nitrogens with two attached hydrogens (primary N) is 1. The number of likely N-dealkylation sites (tertiary alicyclic amines) is 1. The molecule has 1 aliphatic carbocycles. The molecule has 2 aromatic carbocycles. The second kappa shape index (κ2) is 11.9. The summed E-state index contributed by atoms with van der Waals surface area (Å²) >= 11 is 0. The molecule has 1 heterocycles. The zero-order valence-corrected chi connectivity index (χ0v) is 22.3. The van der Waals surface area contributed by atoms with Gasteiger partial charge in [0, 0.05) is 50.0 Å². The Balaban J connectivity index is 1.68. The first-order valence-corrected chi connectivity index (χ1v) is 13.7. The summed E-state index contributed by atoms with van der Waals surface area (Å²) in [4.78, 5) is 26.6. The highest BCUT2D eigenvalue weighted by atomic mass is 19.1. The van der Waals surface area contributed by atoms with Crippen LogP contribution >= 0.6 is 0 Å². The van der Waals surface area contributed by atoms with Gasteiger partial charge in [0.05, 0.1) is 11.7 Å². The largest absolute Gasteiger partial charge is 0.391 e. The molecule has 5 atom stereocenters. The topological polar surface area (TPSA) is 116 Å².